The molecule has 48 valence electrons. The number of oxime groups is 1. The quantitative estimate of drug-likeness (QED) is 0.225. The summed E-state index contributed by atoms with van der Waals surface area (Å²) in [4.78, 5) is 13.8. The van der Waals surface area contributed by atoms with Crippen LogP contribution >= 0.6 is 0 Å². The fourth-order valence-corrected chi connectivity index (χ4v) is 0.195. The average Bonchev–Trinajstić information content (AvgIpc) is 1.82. The van der Waals surface area contributed by atoms with E-state index >= 15 is 0 Å². The van der Waals surface area contributed by atoms with Crippen molar-refractivity contribution in [2.45, 2.75) is 0 Å². The Labute approximate surface area is 79.6 Å². The van der Waals surface area contributed by atoms with E-state index in [0.717, 1.165) is 7.11 Å². The Bertz CT molecular complexity index is 183. The molecule has 5 nitrogen and oxygen atoms in total. The molecule has 0 amide bonds. The Morgan fingerprint density at radius 2 is 2.30 bits per heavy atom. The zero-order valence-corrected chi connectivity index (χ0v) is 7.62. The smallest absolute Gasteiger partial charge is 0.542 e. The molecule has 10 heavy (non-hydrogen) atoms. The van der Waals surface area contributed by atoms with E-state index in [1.165, 1.54) is 6.07 Å². The van der Waals surface area contributed by atoms with Crippen LogP contribution in [0.2, 0.25) is 0 Å². The first kappa shape index (κ1) is 12.1. The van der Waals surface area contributed by atoms with Crippen LogP contribution in [0, 0.1) is 11.3 Å². The van der Waals surface area contributed by atoms with Crippen LogP contribution in [-0.2, 0) is 9.63 Å². The van der Waals surface area contributed by atoms with Crippen molar-refractivity contribution in [2.75, 3.05) is 7.11 Å². The van der Waals surface area contributed by atoms with Crippen molar-refractivity contribution in [3.05, 3.63) is 0 Å². The standard InChI is InChI=1S/C4H4N2O3.Na/c1-9-6-3(2-5)4(7)8;/h1H3,(H,7,8);/q;+1/p-1/b6-3-;. The monoisotopic (exact) mass is 150 g/mol. The molecule has 0 spiro atoms. The second-order valence-electron chi connectivity index (χ2n) is 1.02. The molecule has 0 rings (SSSR count). The normalized spacial score (nSPS) is 9.00. The van der Waals surface area contributed by atoms with E-state index in [9.17, 15) is 9.90 Å². The second-order valence-corrected chi connectivity index (χ2v) is 1.02. The van der Waals surface area contributed by atoms with Gasteiger partial charge in [-0.25, -0.2) is 0 Å². The number of carbonyl (C=O) groups is 1. The molecule has 0 radical (unpaired) electrons. The van der Waals surface area contributed by atoms with Gasteiger partial charge in [0.05, 0.1) is 0 Å². The zero-order chi connectivity index (χ0) is 7.28. The van der Waals surface area contributed by atoms with Crippen LogP contribution < -0.4 is 34.7 Å². The number of nitrogens with zero attached hydrogens (tertiary/aromatic N) is 2. The van der Waals surface area contributed by atoms with Crippen LogP contribution in [0.5, 0.6) is 0 Å². The van der Waals surface area contributed by atoms with Crippen LogP contribution in [0.1, 0.15) is 0 Å². The van der Waals surface area contributed by atoms with Gasteiger partial charge in [0.1, 0.15) is 19.1 Å². The predicted molar refractivity (Wildman–Crippen MR) is 25.1 cm³/mol. The minimum absolute atomic E-state index is 0. The summed E-state index contributed by atoms with van der Waals surface area (Å²) >= 11 is 0. The number of rotatable bonds is 2. The van der Waals surface area contributed by atoms with Crippen LogP contribution in [-0.4, -0.2) is 18.8 Å². The molecule has 0 bridgehead atoms. The first-order chi connectivity index (χ1) is 4.22. The SMILES string of the molecule is CO/N=C(/C#N)C(=O)[O-].[Na+]. The topological polar surface area (TPSA) is 85.5 Å². The number of hydrogen-bond donors (Lipinski definition) is 0. The average molecular weight is 150 g/mol. The fraction of sp³-hybridized carbons (Fsp3) is 0.250. The van der Waals surface area contributed by atoms with E-state index in [1.807, 2.05) is 0 Å². The molecule has 0 saturated carbocycles. The molecule has 0 aromatic rings. The molecule has 0 atom stereocenters. The van der Waals surface area contributed by atoms with E-state index in [4.69, 9.17) is 5.26 Å². The number of nitriles is 1. The van der Waals surface area contributed by atoms with Crippen LogP contribution in [0.15, 0.2) is 5.16 Å². The van der Waals surface area contributed by atoms with Crippen molar-refractivity contribution < 1.29 is 44.3 Å². The summed E-state index contributed by atoms with van der Waals surface area (Å²) in [6.07, 6.45) is 0. The fourth-order valence-electron chi connectivity index (χ4n) is 0.195. The summed E-state index contributed by atoms with van der Waals surface area (Å²) < 4.78 is 0. The third kappa shape index (κ3) is 4.32. The maximum absolute atomic E-state index is 9.78. The predicted octanol–water partition coefficient (Wildman–Crippen LogP) is -4.73. The minimum Gasteiger partial charge on any atom is -0.542 e. The summed E-state index contributed by atoms with van der Waals surface area (Å²) in [6, 6.07) is 1.27. The summed E-state index contributed by atoms with van der Waals surface area (Å²) in [5.41, 5.74) is -0.766. The molecule has 6 heteroatoms. The van der Waals surface area contributed by atoms with Gasteiger partial charge < -0.3 is 14.7 Å². The molecule has 0 aliphatic heterocycles. The molecule has 0 N–H and O–H groups in total. The molecule has 0 aromatic heterocycles. The van der Waals surface area contributed by atoms with Gasteiger partial charge in [-0.3, -0.25) is 0 Å². The Kier molecular flexibility index (Phi) is 7.95. The summed E-state index contributed by atoms with van der Waals surface area (Å²) in [7, 11) is 1.14. The van der Waals surface area contributed by atoms with Crippen molar-refractivity contribution in [3.63, 3.8) is 0 Å². The Morgan fingerprint density at radius 3 is 2.40 bits per heavy atom. The van der Waals surface area contributed by atoms with E-state index < -0.39 is 11.7 Å². The molecule has 0 aliphatic rings. The van der Waals surface area contributed by atoms with Gasteiger partial charge >= 0.3 is 29.6 Å². The number of aliphatic carboxylic acids is 1. The third-order valence-corrected chi connectivity index (χ3v) is 0.482. The van der Waals surface area contributed by atoms with Gasteiger partial charge in [-0.15, -0.1) is 0 Å². The Hall–Kier alpha value is -0.570. The van der Waals surface area contributed by atoms with Crippen molar-refractivity contribution in [3.8, 4) is 6.07 Å². The summed E-state index contributed by atoms with van der Waals surface area (Å²) in [5.74, 6) is -1.64. The maximum Gasteiger partial charge on any atom is 1.00 e. The number of carboxylic acid groups (broad SMARTS) is 1. The van der Waals surface area contributed by atoms with Gasteiger partial charge in [-0.2, -0.15) is 5.26 Å². The molecule has 0 aliphatic carbocycles. The minimum atomic E-state index is -1.64. The van der Waals surface area contributed by atoms with E-state index in [1.54, 1.807) is 0 Å². The van der Waals surface area contributed by atoms with Gasteiger partial charge in [0.15, 0.2) is 0 Å². The summed E-state index contributed by atoms with van der Waals surface area (Å²) in [5, 5.41) is 20.6. The Morgan fingerprint density at radius 1 is 1.80 bits per heavy atom. The molecule has 0 saturated heterocycles. The van der Waals surface area contributed by atoms with Crippen molar-refractivity contribution in [2.24, 2.45) is 5.16 Å². The zero-order valence-electron chi connectivity index (χ0n) is 5.62. The summed E-state index contributed by atoms with van der Waals surface area (Å²) in [6.45, 7) is 0. The molecule has 0 aromatic carbocycles. The maximum atomic E-state index is 9.78. The number of carboxylic acids is 1. The third-order valence-electron chi connectivity index (χ3n) is 0.482. The van der Waals surface area contributed by atoms with Gasteiger partial charge in [-0.1, -0.05) is 5.16 Å². The first-order valence-corrected chi connectivity index (χ1v) is 1.95. The van der Waals surface area contributed by atoms with E-state index in [2.05, 4.69) is 9.99 Å². The Balaban J connectivity index is 0. The van der Waals surface area contributed by atoms with Crippen LogP contribution in [0.25, 0.3) is 0 Å². The molecule has 0 heterocycles. The second kappa shape index (κ2) is 6.55. The van der Waals surface area contributed by atoms with Gasteiger partial charge in [0, 0.05) is 0 Å². The van der Waals surface area contributed by atoms with Crippen molar-refractivity contribution in [1.29, 1.82) is 5.26 Å². The van der Waals surface area contributed by atoms with E-state index in [-0.39, 0.29) is 29.6 Å². The van der Waals surface area contributed by atoms with Crippen LogP contribution in [0.3, 0.4) is 0 Å². The molecular formula is C4H3N2NaO3. The van der Waals surface area contributed by atoms with Gasteiger partial charge in [0.2, 0.25) is 5.71 Å². The van der Waals surface area contributed by atoms with Gasteiger partial charge in [0.25, 0.3) is 0 Å². The van der Waals surface area contributed by atoms with Crippen LogP contribution in [0.4, 0.5) is 0 Å². The van der Waals surface area contributed by atoms with Gasteiger partial charge in [-0.05, 0) is 0 Å². The largest absolute Gasteiger partial charge is 1.00 e. The van der Waals surface area contributed by atoms with Crippen molar-refractivity contribution >= 4 is 11.7 Å². The molecule has 0 fully saturated rings. The van der Waals surface area contributed by atoms with E-state index in [0.29, 0.717) is 0 Å². The first-order valence-electron chi connectivity index (χ1n) is 1.95. The molecular weight excluding hydrogens is 147 g/mol. The van der Waals surface area contributed by atoms with Crippen molar-refractivity contribution in [1.82, 2.24) is 0 Å². The number of hydrogen-bond acceptors (Lipinski definition) is 5. The molecule has 0 unspecified atom stereocenters. The number of carbonyl (C=O) groups excluding carboxylic acids is 1.